The summed E-state index contributed by atoms with van der Waals surface area (Å²) in [5.41, 5.74) is 9.83. The van der Waals surface area contributed by atoms with Gasteiger partial charge in [-0.2, -0.15) is 0 Å². The molecule has 0 amide bonds. The third kappa shape index (κ3) is 4.96. The molecule has 54 heavy (non-hydrogen) atoms. The highest BCUT2D eigenvalue weighted by Gasteiger charge is 2.17. The second-order valence-corrected chi connectivity index (χ2v) is 14.1. The number of anilines is 3. The minimum Gasteiger partial charge on any atom is -0.456 e. The number of fused-ring (bicyclic) bond motifs is 10. The number of hydrogen-bond donors (Lipinski definition) is 0. The van der Waals surface area contributed by atoms with Gasteiger partial charge in [-0.15, -0.1) is 0 Å². The Morgan fingerprint density at radius 3 is 1.76 bits per heavy atom. The number of nitrogens with zero attached hydrogens (tertiary/aromatic N) is 1. The van der Waals surface area contributed by atoms with Crippen molar-refractivity contribution in [3.63, 3.8) is 0 Å². The van der Waals surface area contributed by atoms with E-state index in [1.54, 1.807) is 0 Å². The van der Waals surface area contributed by atoms with Crippen LogP contribution < -0.4 is 4.90 Å². The average Bonchev–Trinajstić information content (AvgIpc) is 3.63. The number of para-hydroxylation sites is 1. The van der Waals surface area contributed by atoms with Gasteiger partial charge in [0.2, 0.25) is 0 Å². The van der Waals surface area contributed by atoms with E-state index in [-0.39, 0.29) is 0 Å². The number of furan rings is 1. The second-order valence-electron chi connectivity index (χ2n) is 14.1. The van der Waals surface area contributed by atoms with Crippen LogP contribution in [0.2, 0.25) is 0 Å². The fraction of sp³-hybridized carbons (Fsp3) is 0. The summed E-state index contributed by atoms with van der Waals surface area (Å²) in [5.74, 6) is 0. The lowest BCUT2D eigenvalue weighted by Gasteiger charge is -2.26. The van der Waals surface area contributed by atoms with Gasteiger partial charge in [0, 0.05) is 27.8 Å². The molecule has 1 aromatic heterocycles. The first-order valence-corrected chi connectivity index (χ1v) is 18.5. The summed E-state index contributed by atoms with van der Waals surface area (Å²) in [7, 11) is 0. The highest BCUT2D eigenvalue weighted by Crippen LogP contribution is 2.42. The molecule has 0 bridgehead atoms. The van der Waals surface area contributed by atoms with Gasteiger partial charge in [0.1, 0.15) is 11.2 Å². The fourth-order valence-electron chi connectivity index (χ4n) is 8.39. The molecule has 0 unspecified atom stereocenters. The molecular weight excluding hydrogens is 655 g/mol. The monoisotopic (exact) mass is 687 g/mol. The fourth-order valence-corrected chi connectivity index (χ4v) is 8.39. The van der Waals surface area contributed by atoms with Crippen LogP contribution in [0.1, 0.15) is 0 Å². The summed E-state index contributed by atoms with van der Waals surface area (Å²) in [4.78, 5) is 2.37. The van der Waals surface area contributed by atoms with E-state index >= 15 is 0 Å². The predicted octanol–water partition coefficient (Wildman–Crippen LogP) is 15.0. The Kier molecular flexibility index (Phi) is 6.90. The van der Waals surface area contributed by atoms with Gasteiger partial charge >= 0.3 is 0 Å². The molecule has 0 aliphatic carbocycles. The number of rotatable bonds is 5. The van der Waals surface area contributed by atoms with E-state index in [1.165, 1.54) is 65.3 Å². The van der Waals surface area contributed by atoms with Crippen LogP contribution in [0.3, 0.4) is 0 Å². The summed E-state index contributed by atoms with van der Waals surface area (Å²) in [6, 6.07) is 72.4. The van der Waals surface area contributed by atoms with Crippen LogP contribution in [0.15, 0.2) is 205 Å². The van der Waals surface area contributed by atoms with E-state index < -0.39 is 0 Å². The third-order valence-corrected chi connectivity index (χ3v) is 11.0. The van der Waals surface area contributed by atoms with Gasteiger partial charge in [-0.05, 0) is 120 Å². The summed E-state index contributed by atoms with van der Waals surface area (Å²) in [5, 5.41) is 12.3. The van der Waals surface area contributed by atoms with Crippen molar-refractivity contribution in [2.75, 3.05) is 4.90 Å². The Balaban J connectivity index is 1.05. The highest BCUT2D eigenvalue weighted by atomic mass is 16.3. The molecule has 0 saturated carbocycles. The quantitative estimate of drug-likeness (QED) is 0.168. The molecule has 0 fully saturated rings. The SMILES string of the molecule is c1ccc(-c2cccc(N(c3ccc(-c4ccc5c(ccc6ccc7ccccc7c65)c4)cc3)c3ccc4ccc5oc6ccccc6c5c4c3)c2)cc1. The van der Waals surface area contributed by atoms with Crippen LogP contribution in [0.25, 0.3) is 87.3 Å². The van der Waals surface area contributed by atoms with Crippen molar-refractivity contribution in [3.8, 4) is 22.3 Å². The Labute approximate surface area is 312 Å². The summed E-state index contributed by atoms with van der Waals surface area (Å²) in [6.07, 6.45) is 0. The molecule has 252 valence electrons. The normalized spacial score (nSPS) is 11.7. The lowest BCUT2D eigenvalue weighted by atomic mass is 9.94. The molecule has 2 heteroatoms. The molecule has 10 aromatic carbocycles. The minimum absolute atomic E-state index is 0.902. The van der Waals surface area contributed by atoms with Crippen LogP contribution in [0, 0.1) is 0 Å². The maximum atomic E-state index is 6.30. The molecule has 2 nitrogen and oxygen atoms in total. The second kappa shape index (κ2) is 12.2. The molecule has 0 atom stereocenters. The molecule has 0 N–H and O–H groups in total. The van der Waals surface area contributed by atoms with Crippen LogP contribution in [-0.4, -0.2) is 0 Å². The van der Waals surface area contributed by atoms with Crippen molar-refractivity contribution in [2.24, 2.45) is 0 Å². The first-order chi connectivity index (χ1) is 26.7. The van der Waals surface area contributed by atoms with Crippen LogP contribution >= 0.6 is 0 Å². The van der Waals surface area contributed by atoms with Gasteiger partial charge in [-0.1, -0.05) is 146 Å². The molecule has 0 radical (unpaired) electrons. The molecule has 0 aliphatic rings. The summed E-state index contributed by atoms with van der Waals surface area (Å²) < 4.78 is 6.30. The number of hydrogen-bond acceptors (Lipinski definition) is 2. The van der Waals surface area contributed by atoms with E-state index in [9.17, 15) is 0 Å². The number of benzene rings is 10. The van der Waals surface area contributed by atoms with Gasteiger partial charge in [0.05, 0.1) is 0 Å². The topological polar surface area (TPSA) is 16.4 Å². The van der Waals surface area contributed by atoms with E-state index in [1.807, 2.05) is 12.1 Å². The van der Waals surface area contributed by atoms with Crippen molar-refractivity contribution < 1.29 is 4.42 Å². The highest BCUT2D eigenvalue weighted by molar-refractivity contribution is 6.21. The third-order valence-electron chi connectivity index (χ3n) is 11.0. The first-order valence-electron chi connectivity index (χ1n) is 18.5. The standard InChI is InChI=1S/C52H33NO/c1-2-9-34(10-3-1)39-12-8-13-43(32-39)53(44-28-23-37-25-30-50-52(48(37)33-44)47-15-6-7-16-49(47)54-50)42-26-21-35(22-27-42)40-24-29-46-41(31-40)20-19-38-18-17-36-11-4-5-14-45(36)51(38)46/h1-33H. The lowest BCUT2D eigenvalue weighted by Crippen LogP contribution is -2.10. The summed E-state index contributed by atoms with van der Waals surface area (Å²) in [6.45, 7) is 0. The summed E-state index contributed by atoms with van der Waals surface area (Å²) >= 11 is 0. The van der Waals surface area contributed by atoms with Crippen molar-refractivity contribution in [1.29, 1.82) is 0 Å². The van der Waals surface area contributed by atoms with Crippen LogP contribution in [-0.2, 0) is 0 Å². The van der Waals surface area contributed by atoms with Crippen LogP contribution in [0.4, 0.5) is 17.1 Å². The average molecular weight is 688 g/mol. The smallest absolute Gasteiger partial charge is 0.136 e. The van der Waals surface area contributed by atoms with Crippen molar-refractivity contribution >= 4 is 82.1 Å². The van der Waals surface area contributed by atoms with Crippen molar-refractivity contribution in [3.05, 3.63) is 200 Å². The molecule has 1 heterocycles. The zero-order valence-corrected chi connectivity index (χ0v) is 29.4. The minimum atomic E-state index is 0.902. The lowest BCUT2D eigenvalue weighted by molar-refractivity contribution is 0.669. The first kappa shape index (κ1) is 30.5. The molecule has 11 aromatic rings. The van der Waals surface area contributed by atoms with Gasteiger partial charge < -0.3 is 9.32 Å². The zero-order valence-electron chi connectivity index (χ0n) is 29.4. The molecule has 0 aliphatic heterocycles. The van der Waals surface area contributed by atoms with Crippen LogP contribution in [0.5, 0.6) is 0 Å². The largest absolute Gasteiger partial charge is 0.456 e. The maximum Gasteiger partial charge on any atom is 0.136 e. The van der Waals surface area contributed by atoms with Gasteiger partial charge in [-0.25, -0.2) is 0 Å². The predicted molar refractivity (Wildman–Crippen MR) is 229 cm³/mol. The molecule has 0 saturated heterocycles. The Hall–Kier alpha value is -7.16. The maximum absolute atomic E-state index is 6.30. The van der Waals surface area contributed by atoms with E-state index in [0.29, 0.717) is 0 Å². The molecular formula is C52H33NO. The van der Waals surface area contributed by atoms with E-state index in [0.717, 1.165) is 39.0 Å². The Morgan fingerprint density at radius 1 is 0.278 bits per heavy atom. The van der Waals surface area contributed by atoms with E-state index in [4.69, 9.17) is 4.42 Å². The van der Waals surface area contributed by atoms with Gasteiger partial charge in [0.25, 0.3) is 0 Å². The Morgan fingerprint density at radius 2 is 0.870 bits per heavy atom. The van der Waals surface area contributed by atoms with Gasteiger partial charge in [0.15, 0.2) is 0 Å². The Bertz CT molecular complexity index is 3210. The van der Waals surface area contributed by atoms with Gasteiger partial charge in [-0.3, -0.25) is 0 Å². The van der Waals surface area contributed by atoms with Crippen molar-refractivity contribution in [1.82, 2.24) is 0 Å². The molecule has 11 rings (SSSR count). The van der Waals surface area contributed by atoms with E-state index in [2.05, 4.69) is 193 Å². The zero-order chi connectivity index (χ0) is 35.6. The van der Waals surface area contributed by atoms with Crippen molar-refractivity contribution in [2.45, 2.75) is 0 Å². The molecule has 0 spiro atoms.